The molecule has 3 aromatic rings. The SMILES string of the molecule is COc1ccc(S(=O)(=O)N(c2cccc(OC)c2)[C@H](C)c2cccc(OC)c2)cc1. The molecule has 0 aliphatic heterocycles. The van der Waals surface area contributed by atoms with Crippen molar-refractivity contribution in [3.8, 4) is 17.2 Å². The van der Waals surface area contributed by atoms with Gasteiger partial charge in [-0.15, -0.1) is 0 Å². The van der Waals surface area contributed by atoms with Crippen molar-refractivity contribution in [2.24, 2.45) is 0 Å². The van der Waals surface area contributed by atoms with Gasteiger partial charge in [0.1, 0.15) is 17.2 Å². The lowest BCUT2D eigenvalue weighted by Crippen LogP contribution is -2.33. The van der Waals surface area contributed by atoms with Gasteiger partial charge in [-0.25, -0.2) is 8.42 Å². The molecule has 7 heteroatoms. The van der Waals surface area contributed by atoms with E-state index in [0.717, 1.165) is 5.56 Å². The zero-order valence-corrected chi connectivity index (χ0v) is 18.2. The molecule has 6 nitrogen and oxygen atoms in total. The molecule has 0 saturated carbocycles. The molecule has 0 spiro atoms. The summed E-state index contributed by atoms with van der Waals surface area (Å²) in [7, 11) is 0.779. The van der Waals surface area contributed by atoms with Crippen LogP contribution >= 0.6 is 0 Å². The largest absolute Gasteiger partial charge is 0.497 e. The molecule has 3 rings (SSSR count). The summed E-state index contributed by atoms with van der Waals surface area (Å²) in [6, 6.07) is 20.2. The normalized spacial score (nSPS) is 12.1. The Balaban J connectivity index is 2.15. The molecule has 0 radical (unpaired) electrons. The lowest BCUT2D eigenvalue weighted by molar-refractivity contribution is 0.413. The third-order valence-electron chi connectivity index (χ3n) is 4.85. The van der Waals surface area contributed by atoms with Crippen molar-refractivity contribution in [1.29, 1.82) is 0 Å². The van der Waals surface area contributed by atoms with E-state index in [9.17, 15) is 8.42 Å². The van der Waals surface area contributed by atoms with Gasteiger partial charge >= 0.3 is 0 Å². The Kier molecular flexibility index (Phi) is 6.52. The molecule has 0 aliphatic rings. The van der Waals surface area contributed by atoms with E-state index in [2.05, 4.69) is 0 Å². The summed E-state index contributed by atoms with van der Waals surface area (Å²) in [5.41, 5.74) is 1.30. The van der Waals surface area contributed by atoms with Gasteiger partial charge < -0.3 is 14.2 Å². The second kappa shape index (κ2) is 9.09. The highest BCUT2D eigenvalue weighted by atomic mass is 32.2. The monoisotopic (exact) mass is 427 g/mol. The first-order valence-corrected chi connectivity index (χ1v) is 10.8. The van der Waals surface area contributed by atoms with Crippen molar-refractivity contribution < 1.29 is 22.6 Å². The van der Waals surface area contributed by atoms with Crippen LogP contribution in [0.15, 0.2) is 77.7 Å². The first kappa shape index (κ1) is 21.5. The molecule has 0 aromatic heterocycles. The molecule has 0 bridgehead atoms. The van der Waals surface area contributed by atoms with E-state index in [4.69, 9.17) is 14.2 Å². The fourth-order valence-corrected chi connectivity index (χ4v) is 4.85. The van der Waals surface area contributed by atoms with Crippen molar-refractivity contribution >= 4 is 15.7 Å². The van der Waals surface area contributed by atoms with Crippen LogP contribution in [0.4, 0.5) is 5.69 Å². The van der Waals surface area contributed by atoms with Crippen LogP contribution in [0.25, 0.3) is 0 Å². The number of nitrogens with zero attached hydrogens (tertiary/aromatic N) is 1. The summed E-state index contributed by atoms with van der Waals surface area (Å²) in [6.07, 6.45) is 0. The minimum absolute atomic E-state index is 0.167. The minimum Gasteiger partial charge on any atom is -0.497 e. The van der Waals surface area contributed by atoms with Gasteiger partial charge in [-0.3, -0.25) is 4.31 Å². The van der Waals surface area contributed by atoms with Crippen LogP contribution in [0.1, 0.15) is 18.5 Å². The van der Waals surface area contributed by atoms with E-state index < -0.39 is 16.1 Å². The molecule has 1 atom stereocenters. The van der Waals surface area contributed by atoms with E-state index in [1.807, 2.05) is 31.2 Å². The van der Waals surface area contributed by atoms with Gasteiger partial charge in [0, 0.05) is 6.07 Å². The lowest BCUT2D eigenvalue weighted by Gasteiger charge is -2.31. The molecule has 0 heterocycles. The zero-order valence-electron chi connectivity index (χ0n) is 17.4. The molecule has 0 unspecified atom stereocenters. The molecular formula is C23H25NO5S. The number of hydrogen-bond donors (Lipinski definition) is 0. The van der Waals surface area contributed by atoms with Gasteiger partial charge in [0.05, 0.1) is 38.0 Å². The number of sulfonamides is 1. The number of hydrogen-bond acceptors (Lipinski definition) is 5. The number of ether oxygens (including phenoxy) is 3. The van der Waals surface area contributed by atoms with Gasteiger partial charge in [0.2, 0.25) is 0 Å². The third-order valence-corrected chi connectivity index (χ3v) is 6.76. The Bertz CT molecular complexity index is 1100. The van der Waals surface area contributed by atoms with E-state index in [1.165, 1.54) is 11.4 Å². The molecule has 30 heavy (non-hydrogen) atoms. The summed E-state index contributed by atoms with van der Waals surface area (Å²) < 4.78 is 44.6. The highest BCUT2D eigenvalue weighted by Gasteiger charge is 2.31. The van der Waals surface area contributed by atoms with E-state index in [0.29, 0.717) is 22.9 Å². The number of anilines is 1. The van der Waals surface area contributed by atoms with E-state index in [-0.39, 0.29) is 4.90 Å². The molecule has 0 fully saturated rings. The second-order valence-corrected chi connectivity index (χ2v) is 8.45. The van der Waals surface area contributed by atoms with Crippen molar-refractivity contribution in [3.63, 3.8) is 0 Å². The molecule has 0 amide bonds. The molecule has 0 saturated heterocycles. The Hall–Kier alpha value is -3.19. The van der Waals surface area contributed by atoms with Gasteiger partial charge in [-0.05, 0) is 61.0 Å². The Morgan fingerprint density at radius 3 is 1.90 bits per heavy atom. The van der Waals surface area contributed by atoms with Crippen LogP contribution in [0, 0.1) is 0 Å². The van der Waals surface area contributed by atoms with Crippen LogP contribution in [0.5, 0.6) is 17.2 Å². The number of methoxy groups -OCH3 is 3. The molecule has 3 aromatic carbocycles. The van der Waals surface area contributed by atoms with Crippen LogP contribution in [-0.2, 0) is 10.0 Å². The summed E-state index contributed by atoms with van der Waals surface area (Å²) in [5, 5.41) is 0. The maximum Gasteiger partial charge on any atom is 0.264 e. The number of rotatable bonds is 8. The third kappa shape index (κ3) is 4.36. The Morgan fingerprint density at radius 2 is 1.30 bits per heavy atom. The van der Waals surface area contributed by atoms with Gasteiger partial charge in [-0.2, -0.15) is 0 Å². The number of benzene rings is 3. The first-order chi connectivity index (χ1) is 14.4. The van der Waals surface area contributed by atoms with Crippen molar-refractivity contribution in [2.45, 2.75) is 17.9 Å². The Morgan fingerprint density at radius 1 is 0.733 bits per heavy atom. The van der Waals surface area contributed by atoms with Crippen LogP contribution in [-0.4, -0.2) is 29.7 Å². The summed E-state index contributed by atoms with van der Waals surface area (Å²) in [6.45, 7) is 1.84. The van der Waals surface area contributed by atoms with Crippen molar-refractivity contribution in [2.75, 3.05) is 25.6 Å². The highest BCUT2D eigenvalue weighted by molar-refractivity contribution is 7.92. The highest BCUT2D eigenvalue weighted by Crippen LogP contribution is 2.36. The zero-order chi connectivity index (χ0) is 21.7. The van der Waals surface area contributed by atoms with Gasteiger partial charge in [-0.1, -0.05) is 18.2 Å². The molecule has 0 aliphatic carbocycles. The first-order valence-electron chi connectivity index (χ1n) is 9.37. The standard InChI is InChI=1S/C23H25NO5S/c1-17(18-7-5-9-21(15-18)28-3)24(19-8-6-10-22(16-19)29-4)30(25,26)23-13-11-20(27-2)12-14-23/h5-17H,1-4H3/t17-/m1/s1. The molecule has 158 valence electrons. The van der Waals surface area contributed by atoms with Crippen LogP contribution in [0.2, 0.25) is 0 Å². The van der Waals surface area contributed by atoms with Gasteiger partial charge in [0.25, 0.3) is 10.0 Å². The predicted molar refractivity (Wildman–Crippen MR) is 117 cm³/mol. The van der Waals surface area contributed by atoms with Crippen LogP contribution < -0.4 is 18.5 Å². The smallest absolute Gasteiger partial charge is 0.264 e. The average molecular weight is 428 g/mol. The quantitative estimate of drug-likeness (QED) is 0.523. The lowest BCUT2D eigenvalue weighted by atomic mass is 10.1. The second-order valence-electron chi connectivity index (χ2n) is 6.63. The topological polar surface area (TPSA) is 65.1 Å². The predicted octanol–water partition coefficient (Wildman–Crippen LogP) is 4.67. The van der Waals surface area contributed by atoms with E-state index >= 15 is 0 Å². The maximum atomic E-state index is 13.7. The maximum absolute atomic E-state index is 13.7. The molecular weight excluding hydrogens is 402 g/mol. The summed E-state index contributed by atoms with van der Waals surface area (Å²) in [4.78, 5) is 0.167. The summed E-state index contributed by atoms with van der Waals surface area (Å²) in [5.74, 6) is 1.81. The molecule has 0 N–H and O–H groups in total. The van der Waals surface area contributed by atoms with Gasteiger partial charge in [0.15, 0.2) is 0 Å². The van der Waals surface area contributed by atoms with E-state index in [1.54, 1.807) is 62.8 Å². The summed E-state index contributed by atoms with van der Waals surface area (Å²) >= 11 is 0. The van der Waals surface area contributed by atoms with Crippen LogP contribution in [0.3, 0.4) is 0 Å². The minimum atomic E-state index is -3.89. The fourth-order valence-electron chi connectivity index (χ4n) is 3.22. The Labute approximate surface area is 177 Å². The van der Waals surface area contributed by atoms with Crippen molar-refractivity contribution in [1.82, 2.24) is 0 Å². The fraction of sp³-hybridized carbons (Fsp3) is 0.217. The van der Waals surface area contributed by atoms with Crippen molar-refractivity contribution in [3.05, 3.63) is 78.4 Å². The average Bonchev–Trinajstić information content (AvgIpc) is 2.79.